The third-order valence-electron chi connectivity index (χ3n) is 4.53. The highest BCUT2D eigenvalue weighted by molar-refractivity contribution is 7.14. The van der Waals surface area contributed by atoms with Gasteiger partial charge in [0.1, 0.15) is 4.88 Å². The first-order valence-corrected chi connectivity index (χ1v) is 9.97. The summed E-state index contributed by atoms with van der Waals surface area (Å²) in [6.07, 6.45) is 2.35. The van der Waals surface area contributed by atoms with Crippen LogP contribution in [-0.2, 0) is 5.41 Å². The van der Waals surface area contributed by atoms with E-state index in [1.807, 2.05) is 6.92 Å². The molecule has 2 rings (SSSR count). The Kier molecular flexibility index (Phi) is 6.43. The predicted octanol–water partition coefficient (Wildman–Crippen LogP) is 3.85. The largest absolute Gasteiger partial charge is 0.351 e. The summed E-state index contributed by atoms with van der Waals surface area (Å²) in [5, 5.41) is 4.10. The number of hydrogen-bond donors (Lipinski definition) is 1. The molecule has 24 heavy (non-hydrogen) atoms. The third kappa shape index (κ3) is 5.28. The standard InChI is InChI=1S/C19H33N3OS/c1-13-10-14(2)12-22(11-13)9-7-8-20-17(23)16-15(3)21-18(24-16)19(4,5)6/h13-14H,7-12H2,1-6H3,(H,20,23). The van der Waals surface area contributed by atoms with Crippen LogP contribution in [0.5, 0.6) is 0 Å². The van der Waals surface area contributed by atoms with E-state index >= 15 is 0 Å². The van der Waals surface area contributed by atoms with E-state index in [0.717, 1.165) is 46.9 Å². The monoisotopic (exact) mass is 351 g/mol. The molecular weight excluding hydrogens is 318 g/mol. The highest BCUT2D eigenvalue weighted by atomic mass is 32.1. The second-order valence-electron chi connectivity index (χ2n) is 8.50. The van der Waals surface area contributed by atoms with Crippen LogP contribution in [0.25, 0.3) is 0 Å². The molecule has 1 aliphatic heterocycles. The summed E-state index contributed by atoms with van der Waals surface area (Å²) in [4.78, 5) is 20.3. The van der Waals surface area contributed by atoms with E-state index in [2.05, 4.69) is 49.8 Å². The Morgan fingerprint density at radius 2 is 1.92 bits per heavy atom. The van der Waals surface area contributed by atoms with Gasteiger partial charge < -0.3 is 10.2 Å². The van der Waals surface area contributed by atoms with Crippen molar-refractivity contribution in [2.45, 2.75) is 59.8 Å². The maximum Gasteiger partial charge on any atom is 0.263 e. The topological polar surface area (TPSA) is 45.2 Å². The second kappa shape index (κ2) is 7.96. The minimum Gasteiger partial charge on any atom is -0.351 e. The van der Waals surface area contributed by atoms with Gasteiger partial charge in [0.25, 0.3) is 5.91 Å². The molecule has 0 aliphatic carbocycles. The Morgan fingerprint density at radius 3 is 2.46 bits per heavy atom. The number of carbonyl (C=O) groups is 1. The van der Waals surface area contributed by atoms with Crippen LogP contribution >= 0.6 is 11.3 Å². The fraction of sp³-hybridized carbons (Fsp3) is 0.789. The molecular formula is C19H33N3OS. The van der Waals surface area contributed by atoms with E-state index < -0.39 is 0 Å². The molecule has 1 saturated heterocycles. The Morgan fingerprint density at radius 1 is 1.29 bits per heavy atom. The first-order valence-electron chi connectivity index (χ1n) is 9.15. The van der Waals surface area contributed by atoms with Crippen LogP contribution < -0.4 is 5.32 Å². The van der Waals surface area contributed by atoms with Crippen molar-refractivity contribution < 1.29 is 4.79 Å². The summed E-state index contributed by atoms with van der Waals surface area (Å²) in [5.41, 5.74) is 0.844. The molecule has 1 aliphatic rings. The van der Waals surface area contributed by atoms with Crippen LogP contribution in [0.1, 0.15) is 67.8 Å². The van der Waals surface area contributed by atoms with Crippen LogP contribution in [0.3, 0.4) is 0 Å². The molecule has 1 aromatic rings. The number of nitrogens with zero attached hydrogens (tertiary/aromatic N) is 2. The number of piperidine rings is 1. The number of carbonyl (C=O) groups excluding carboxylic acids is 1. The lowest BCUT2D eigenvalue weighted by molar-refractivity contribution is 0.0950. The Labute approximate surface area is 151 Å². The van der Waals surface area contributed by atoms with Crippen LogP contribution in [-0.4, -0.2) is 42.0 Å². The first-order chi connectivity index (χ1) is 11.2. The number of hydrogen-bond acceptors (Lipinski definition) is 4. The van der Waals surface area contributed by atoms with E-state index in [1.54, 1.807) is 0 Å². The summed E-state index contributed by atoms with van der Waals surface area (Å²) in [6.45, 7) is 17.2. The lowest BCUT2D eigenvalue weighted by atomic mass is 9.92. The summed E-state index contributed by atoms with van der Waals surface area (Å²) >= 11 is 1.53. The van der Waals surface area contributed by atoms with Crippen molar-refractivity contribution in [2.24, 2.45) is 11.8 Å². The summed E-state index contributed by atoms with van der Waals surface area (Å²) < 4.78 is 0. The van der Waals surface area contributed by atoms with E-state index in [1.165, 1.54) is 30.8 Å². The third-order valence-corrected chi connectivity index (χ3v) is 6.11. The van der Waals surface area contributed by atoms with Crippen LogP contribution in [0.4, 0.5) is 0 Å². The highest BCUT2D eigenvalue weighted by Crippen LogP contribution is 2.29. The molecule has 0 saturated carbocycles. The predicted molar refractivity (Wildman–Crippen MR) is 102 cm³/mol. The molecule has 2 atom stereocenters. The fourth-order valence-electron chi connectivity index (χ4n) is 3.49. The SMILES string of the molecule is Cc1nc(C(C)(C)C)sc1C(=O)NCCCN1CC(C)CC(C)C1. The Bertz CT molecular complexity index is 551. The molecule has 0 spiro atoms. The van der Waals surface area contributed by atoms with Gasteiger partial charge in [0.2, 0.25) is 0 Å². The van der Waals surface area contributed by atoms with Crippen molar-refractivity contribution in [3.63, 3.8) is 0 Å². The summed E-state index contributed by atoms with van der Waals surface area (Å²) in [5.74, 6) is 1.61. The molecule has 0 aromatic carbocycles. The lowest BCUT2D eigenvalue weighted by Gasteiger charge is -2.34. The molecule has 1 amide bonds. The van der Waals surface area contributed by atoms with Crippen molar-refractivity contribution in [1.82, 2.24) is 15.2 Å². The zero-order valence-corrected chi connectivity index (χ0v) is 16.9. The van der Waals surface area contributed by atoms with Crippen molar-refractivity contribution in [3.05, 3.63) is 15.6 Å². The van der Waals surface area contributed by atoms with Gasteiger partial charge in [0.15, 0.2) is 0 Å². The van der Waals surface area contributed by atoms with Crippen molar-refractivity contribution in [1.29, 1.82) is 0 Å². The van der Waals surface area contributed by atoms with Gasteiger partial charge in [-0.1, -0.05) is 34.6 Å². The molecule has 2 unspecified atom stereocenters. The second-order valence-corrected chi connectivity index (χ2v) is 9.50. The smallest absolute Gasteiger partial charge is 0.263 e. The molecule has 2 heterocycles. The minimum atomic E-state index is -0.00436. The van der Waals surface area contributed by atoms with Gasteiger partial charge in [-0.3, -0.25) is 4.79 Å². The Balaban J connectivity index is 1.78. The number of aryl methyl sites for hydroxylation is 1. The number of thiazole rings is 1. The van der Waals surface area contributed by atoms with Crippen molar-refractivity contribution >= 4 is 17.2 Å². The molecule has 136 valence electrons. The fourth-order valence-corrected chi connectivity index (χ4v) is 4.53. The summed E-state index contributed by atoms with van der Waals surface area (Å²) in [6, 6.07) is 0. The van der Waals surface area contributed by atoms with E-state index in [0.29, 0.717) is 0 Å². The molecule has 1 fully saturated rings. The van der Waals surface area contributed by atoms with Gasteiger partial charge in [-0.2, -0.15) is 0 Å². The quantitative estimate of drug-likeness (QED) is 0.820. The zero-order chi connectivity index (χ0) is 17.9. The Hall–Kier alpha value is -0.940. The molecule has 1 N–H and O–H groups in total. The van der Waals surface area contributed by atoms with Crippen LogP contribution in [0.2, 0.25) is 0 Å². The van der Waals surface area contributed by atoms with Gasteiger partial charge in [-0.05, 0) is 38.1 Å². The van der Waals surface area contributed by atoms with E-state index in [4.69, 9.17) is 0 Å². The molecule has 1 aromatic heterocycles. The average Bonchev–Trinajstić information content (AvgIpc) is 2.84. The van der Waals surface area contributed by atoms with Gasteiger partial charge in [0.05, 0.1) is 10.7 Å². The number of rotatable bonds is 5. The lowest BCUT2D eigenvalue weighted by Crippen LogP contribution is -2.40. The average molecular weight is 352 g/mol. The molecule has 0 radical (unpaired) electrons. The zero-order valence-electron chi connectivity index (χ0n) is 16.1. The van der Waals surface area contributed by atoms with Gasteiger partial charge in [-0.15, -0.1) is 11.3 Å². The molecule has 0 bridgehead atoms. The molecule has 4 nitrogen and oxygen atoms in total. The van der Waals surface area contributed by atoms with Gasteiger partial charge in [0, 0.05) is 25.0 Å². The normalized spacial score (nSPS) is 22.6. The van der Waals surface area contributed by atoms with Crippen molar-refractivity contribution in [3.8, 4) is 0 Å². The number of nitrogens with one attached hydrogen (secondary N) is 1. The number of likely N-dealkylation sites (tertiary alicyclic amines) is 1. The first kappa shape index (κ1) is 19.4. The van der Waals surface area contributed by atoms with Crippen molar-refractivity contribution in [2.75, 3.05) is 26.2 Å². The maximum absolute atomic E-state index is 12.4. The van der Waals surface area contributed by atoms with Crippen LogP contribution in [0.15, 0.2) is 0 Å². The summed E-state index contributed by atoms with van der Waals surface area (Å²) in [7, 11) is 0. The van der Waals surface area contributed by atoms with E-state index in [9.17, 15) is 4.79 Å². The number of aromatic nitrogens is 1. The van der Waals surface area contributed by atoms with Gasteiger partial charge in [-0.25, -0.2) is 4.98 Å². The van der Waals surface area contributed by atoms with Gasteiger partial charge >= 0.3 is 0 Å². The van der Waals surface area contributed by atoms with E-state index in [-0.39, 0.29) is 11.3 Å². The maximum atomic E-state index is 12.4. The number of amides is 1. The van der Waals surface area contributed by atoms with Crippen LogP contribution in [0, 0.1) is 18.8 Å². The molecule has 5 heteroatoms. The minimum absolute atomic E-state index is 0.00436. The highest BCUT2D eigenvalue weighted by Gasteiger charge is 2.23.